The first kappa shape index (κ1) is 15.1. The van der Waals surface area contributed by atoms with Crippen molar-refractivity contribution in [3.8, 4) is 0 Å². The van der Waals surface area contributed by atoms with Crippen LogP contribution in [0.4, 0.5) is 4.79 Å². The number of hydrogen-bond donors (Lipinski definition) is 2. The van der Waals surface area contributed by atoms with Crippen molar-refractivity contribution in [3.05, 3.63) is 57.8 Å². The minimum absolute atomic E-state index is 0.0996. The first-order chi connectivity index (χ1) is 10.1. The fourth-order valence-electron chi connectivity index (χ4n) is 1.80. The van der Waals surface area contributed by atoms with Gasteiger partial charge < -0.3 is 15.2 Å². The van der Waals surface area contributed by atoms with E-state index in [9.17, 15) is 14.7 Å². The van der Waals surface area contributed by atoms with E-state index in [2.05, 4.69) is 5.32 Å². The number of carbonyl (C=O) groups excluding carboxylic acids is 1. The van der Waals surface area contributed by atoms with Crippen LogP contribution in [0, 0.1) is 6.92 Å². The number of aliphatic carboxylic acids is 1. The molecule has 1 atom stereocenters. The van der Waals surface area contributed by atoms with E-state index in [0.29, 0.717) is 4.88 Å². The quantitative estimate of drug-likeness (QED) is 0.890. The van der Waals surface area contributed by atoms with E-state index in [1.165, 1.54) is 11.3 Å². The summed E-state index contributed by atoms with van der Waals surface area (Å²) in [6, 6.07) is 9.91. The Kier molecular flexibility index (Phi) is 4.94. The van der Waals surface area contributed by atoms with Crippen molar-refractivity contribution in [2.75, 3.05) is 0 Å². The molecule has 0 aliphatic rings. The number of carbonyl (C=O) groups is 2. The topological polar surface area (TPSA) is 75.6 Å². The molecule has 6 heteroatoms. The SMILES string of the molecule is Cc1ccsc1C(NC(=O)OCc1ccccc1)C(=O)O. The molecule has 2 N–H and O–H groups in total. The number of ether oxygens (including phenoxy) is 1. The largest absolute Gasteiger partial charge is 0.479 e. The van der Waals surface area contributed by atoms with Crippen molar-refractivity contribution in [2.45, 2.75) is 19.6 Å². The van der Waals surface area contributed by atoms with Gasteiger partial charge in [-0.3, -0.25) is 0 Å². The summed E-state index contributed by atoms with van der Waals surface area (Å²) in [5, 5.41) is 13.4. The highest BCUT2D eigenvalue weighted by Crippen LogP contribution is 2.24. The molecule has 0 saturated heterocycles. The van der Waals surface area contributed by atoms with Gasteiger partial charge in [0.05, 0.1) is 0 Å². The molecule has 21 heavy (non-hydrogen) atoms. The van der Waals surface area contributed by atoms with E-state index >= 15 is 0 Å². The van der Waals surface area contributed by atoms with Gasteiger partial charge in [0.15, 0.2) is 6.04 Å². The number of thiophene rings is 1. The number of carboxylic acids is 1. The van der Waals surface area contributed by atoms with Gasteiger partial charge >= 0.3 is 12.1 Å². The van der Waals surface area contributed by atoms with Crippen LogP contribution >= 0.6 is 11.3 Å². The van der Waals surface area contributed by atoms with Crippen LogP contribution in [0.2, 0.25) is 0 Å². The fourth-order valence-corrected chi connectivity index (χ4v) is 2.77. The highest BCUT2D eigenvalue weighted by Gasteiger charge is 2.25. The zero-order chi connectivity index (χ0) is 15.2. The molecule has 0 radical (unpaired) electrons. The van der Waals surface area contributed by atoms with E-state index in [1.807, 2.05) is 36.4 Å². The molecule has 1 aromatic heterocycles. The molecular weight excluding hydrogens is 290 g/mol. The second-order valence-corrected chi connectivity index (χ2v) is 5.39. The summed E-state index contributed by atoms with van der Waals surface area (Å²) >= 11 is 1.29. The number of nitrogens with one attached hydrogen (secondary N) is 1. The molecule has 1 amide bonds. The zero-order valence-corrected chi connectivity index (χ0v) is 12.2. The highest BCUT2D eigenvalue weighted by molar-refractivity contribution is 7.10. The lowest BCUT2D eigenvalue weighted by Crippen LogP contribution is -2.33. The first-order valence-electron chi connectivity index (χ1n) is 6.32. The van der Waals surface area contributed by atoms with Gasteiger partial charge in [0, 0.05) is 4.88 Å². The number of hydrogen-bond acceptors (Lipinski definition) is 4. The fraction of sp³-hybridized carbons (Fsp3) is 0.200. The van der Waals surface area contributed by atoms with Crippen molar-refractivity contribution in [2.24, 2.45) is 0 Å². The van der Waals surface area contributed by atoms with E-state index in [1.54, 1.807) is 12.3 Å². The summed E-state index contributed by atoms with van der Waals surface area (Å²) in [5.41, 5.74) is 1.67. The van der Waals surface area contributed by atoms with Gasteiger partial charge in [-0.1, -0.05) is 30.3 Å². The third-order valence-electron chi connectivity index (χ3n) is 2.89. The molecule has 0 bridgehead atoms. The molecule has 110 valence electrons. The van der Waals surface area contributed by atoms with Gasteiger partial charge in [-0.15, -0.1) is 11.3 Å². The molecular formula is C15H15NO4S. The minimum atomic E-state index is -1.11. The maximum absolute atomic E-state index is 11.7. The average Bonchev–Trinajstić information content (AvgIpc) is 2.89. The number of aryl methyl sites for hydroxylation is 1. The van der Waals surface area contributed by atoms with Crippen molar-refractivity contribution < 1.29 is 19.4 Å². The number of benzene rings is 1. The Labute approximate surface area is 126 Å². The smallest absolute Gasteiger partial charge is 0.408 e. The third-order valence-corrected chi connectivity index (χ3v) is 3.97. The van der Waals surface area contributed by atoms with Gasteiger partial charge in [-0.25, -0.2) is 9.59 Å². The molecule has 0 aliphatic carbocycles. The Morgan fingerprint density at radius 2 is 2.00 bits per heavy atom. The molecule has 1 aromatic carbocycles. The van der Waals surface area contributed by atoms with Crippen LogP contribution in [0.25, 0.3) is 0 Å². The normalized spacial score (nSPS) is 11.7. The Hall–Kier alpha value is -2.34. The van der Waals surface area contributed by atoms with Crippen LogP contribution in [0.5, 0.6) is 0 Å². The molecule has 5 nitrogen and oxygen atoms in total. The molecule has 1 unspecified atom stereocenters. The predicted molar refractivity (Wildman–Crippen MR) is 79.2 cm³/mol. The van der Waals surface area contributed by atoms with Gasteiger partial charge in [0.1, 0.15) is 6.61 Å². The van der Waals surface area contributed by atoms with Crippen LogP contribution in [-0.2, 0) is 16.1 Å². The monoisotopic (exact) mass is 305 g/mol. The summed E-state index contributed by atoms with van der Waals surface area (Å²) in [6.45, 7) is 1.90. The number of carboxylic acid groups (broad SMARTS) is 1. The molecule has 0 saturated carbocycles. The van der Waals surface area contributed by atoms with Gasteiger partial charge in [-0.2, -0.15) is 0 Å². The predicted octanol–water partition coefficient (Wildman–Crippen LogP) is 3.11. The van der Waals surface area contributed by atoms with E-state index < -0.39 is 18.1 Å². The molecule has 0 fully saturated rings. The van der Waals surface area contributed by atoms with E-state index in [-0.39, 0.29) is 6.61 Å². The lowest BCUT2D eigenvalue weighted by Gasteiger charge is -2.14. The summed E-state index contributed by atoms with van der Waals surface area (Å²) in [4.78, 5) is 23.6. The van der Waals surface area contributed by atoms with Crippen LogP contribution in [-0.4, -0.2) is 17.2 Å². The summed E-state index contributed by atoms with van der Waals surface area (Å²) < 4.78 is 5.04. The van der Waals surface area contributed by atoms with Crippen molar-refractivity contribution in [1.82, 2.24) is 5.32 Å². The van der Waals surface area contributed by atoms with Crippen LogP contribution in [0.3, 0.4) is 0 Å². The van der Waals surface area contributed by atoms with Crippen molar-refractivity contribution in [3.63, 3.8) is 0 Å². The van der Waals surface area contributed by atoms with Crippen molar-refractivity contribution in [1.29, 1.82) is 0 Å². The number of amides is 1. The molecule has 0 aliphatic heterocycles. The Morgan fingerprint density at radius 1 is 1.29 bits per heavy atom. The average molecular weight is 305 g/mol. The van der Waals surface area contributed by atoms with Gasteiger partial charge in [-0.05, 0) is 29.5 Å². The number of alkyl carbamates (subject to hydrolysis) is 1. The second-order valence-electron chi connectivity index (χ2n) is 4.45. The van der Waals surface area contributed by atoms with Crippen LogP contribution in [0.15, 0.2) is 41.8 Å². The maximum atomic E-state index is 11.7. The van der Waals surface area contributed by atoms with Gasteiger partial charge in [0.2, 0.25) is 0 Å². The van der Waals surface area contributed by atoms with E-state index in [0.717, 1.165) is 11.1 Å². The lowest BCUT2D eigenvalue weighted by atomic mass is 10.2. The molecule has 2 aromatic rings. The Morgan fingerprint density at radius 3 is 2.57 bits per heavy atom. The third kappa shape index (κ3) is 4.06. The highest BCUT2D eigenvalue weighted by atomic mass is 32.1. The molecule has 0 spiro atoms. The Bertz CT molecular complexity index is 624. The minimum Gasteiger partial charge on any atom is -0.479 e. The van der Waals surface area contributed by atoms with E-state index in [4.69, 9.17) is 4.74 Å². The summed E-state index contributed by atoms with van der Waals surface area (Å²) in [5.74, 6) is -1.11. The maximum Gasteiger partial charge on any atom is 0.408 e. The Balaban J connectivity index is 1.96. The summed E-state index contributed by atoms with van der Waals surface area (Å²) in [6.07, 6.45) is -0.751. The van der Waals surface area contributed by atoms with Crippen LogP contribution < -0.4 is 5.32 Å². The lowest BCUT2D eigenvalue weighted by molar-refractivity contribution is -0.139. The first-order valence-corrected chi connectivity index (χ1v) is 7.20. The van der Waals surface area contributed by atoms with Crippen LogP contribution in [0.1, 0.15) is 22.0 Å². The van der Waals surface area contributed by atoms with Crippen molar-refractivity contribution >= 4 is 23.4 Å². The molecule has 2 rings (SSSR count). The number of rotatable bonds is 5. The standard InChI is InChI=1S/C15H15NO4S/c1-10-7-8-21-13(10)12(14(17)18)16-15(19)20-9-11-5-3-2-4-6-11/h2-8,12H,9H2,1H3,(H,16,19)(H,17,18). The zero-order valence-electron chi connectivity index (χ0n) is 11.4. The second kappa shape index (κ2) is 6.90. The summed E-state index contributed by atoms with van der Waals surface area (Å²) in [7, 11) is 0. The molecule has 1 heterocycles. The van der Waals surface area contributed by atoms with Gasteiger partial charge in [0.25, 0.3) is 0 Å².